The SMILES string of the molecule is COc1ccc(Oc2ccc(C(=O)C(C)(C)CCl)cc2Cl)cc1. The minimum atomic E-state index is -0.636. The number of benzene rings is 2. The van der Waals surface area contributed by atoms with Crippen LogP contribution in [0.25, 0.3) is 0 Å². The van der Waals surface area contributed by atoms with Crippen LogP contribution in [-0.2, 0) is 0 Å². The lowest BCUT2D eigenvalue weighted by Gasteiger charge is -2.20. The first-order valence-corrected chi connectivity index (χ1v) is 8.01. The fraction of sp³-hybridized carbons (Fsp3) is 0.278. The number of methoxy groups -OCH3 is 1. The van der Waals surface area contributed by atoms with Crippen LogP contribution in [0, 0.1) is 5.41 Å². The molecule has 0 spiro atoms. The summed E-state index contributed by atoms with van der Waals surface area (Å²) in [5.74, 6) is 2.05. The van der Waals surface area contributed by atoms with Crippen LogP contribution in [0.5, 0.6) is 17.2 Å². The first-order chi connectivity index (χ1) is 10.9. The second-order valence-corrected chi connectivity index (χ2v) is 6.44. The first kappa shape index (κ1) is 17.6. The van der Waals surface area contributed by atoms with Crippen LogP contribution in [0.4, 0.5) is 0 Å². The molecule has 0 bridgehead atoms. The average molecular weight is 353 g/mol. The number of alkyl halides is 1. The number of carbonyl (C=O) groups excluding carboxylic acids is 1. The molecule has 0 saturated heterocycles. The summed E-state index contributed by atoms with van der Waals surface area (Å²) < 4.78 is 10.8. The Morgan fingerprint density at radius 1 is 1.09 bits per heavy atom. The third-order valence-corrected chi connectivity index (χ3v) is 4.39. The summed E-state index contributed by atoms with van der Waals surface area (Å²) in [7, 11) is 1.60. The quantitative estimate of drug-likeness (QED) is 0.502. The van der Waals surface area contributed by atoms with Crippen molar-refractivity contribution in [1.82, 2.24) is 0 Å². The molecule has 0 aliphatic carbocycles. The number of carbonyl (C=O) groups is 1. The van der Waals surface area contributed by atoms with Gasteiger partial charge in [0, 0.05) is 16.9 Å². The highest BCUT2D eigenvalue weighted by Crippen LogP contribution is 2.33. The number of rotatable bonds is 6. The Bertz CT molecular complexity index is 694. The number of hydrogen-bond donors (Lipinski definition) is 0. The Hall–Kier alpha value is -1.71. The smallest absolute Gasteiger partial charge is 0.169 e. The van der Waals surface area contributed by atoms with Gasteiger partial charge in [0.25, 0.3) is 0 Å². The zero-order valence-electron chi connectivity index (χ0n) is 13.2. The van der Waals surface area contributed by atoms with Crippen LogP contribution in [0.3, 0.4) is 0 Å². The van der Waals surface area contributed by atoms with Gasteiger partial charge < -0.3 is 9.47 Å². The zero-order valence-corrected chi connectivity index (χ0v) is 14.7. The largest absolute Gasteiger partial charge is 0.497 e. The standard InChI is InChI=1S/C18H18Cl2O3/c1-18(2,11-19)17(21)12-4-9-16(15(20)10-12)23-14-7-5-13(22-3)6-8-14/h4-10H,11H2,1-3H3. The van der Waals surface area contributed by atoms with E-state index in [0.717, 1.165) is 5.75 Å². The summed E-state index contributed by atoms with van der Waals surface area (Å²) in [6.45, 7) is 3.61. The maximum Gasteiger partial charge on any atom is 0.169 e. The van der Waals surface area contributed by atoms with E-state index in [9.17, 15) is 4.79 Å². The van der Waals surface area contributed by atoms with Gasteiger partial charge in [-0.1, -0.05) is 25.4 Å². The third-order valence-electron chi connectivity index (χ3n) is 3.43. The van der Waals surface area contributed by atoms with E-state index in [1.165, 1.54) is 0 Å². The Kier molecular flexibility index (Phi) is 5.55. The molecule has 0 amide bonds. The molecule has 3 nitrogen and oxygen atoms in total. The van der Waals surface area contributed by atoms with Gasteiger partial charge in [0.05, 0.1) is 12.1 Å². The van der Waals surface area contributed by atoms with Crippen LogP contribution >= 0.6 is 23.2 Å². The van der Waals surface area contributed by atoms with E-state index in [0.29, 0.717) is 22.1 Å². The molecule has 23 heavy (non-hydrogen) atoms. The number of halogens is 2. The van der Waals surface area contributed by atoms with Crippen molar-refractivity contribution in [1.29, 1.82) is 0 Å². The molecule has 2 rings (SSSR count). The van der Waals surface area contributed by atoms with Gasteiger partial charge in [0.2, 0.25) is 0 Å². The molecule has 2 aromatic carbocycles. The van der Waals surface area contributed by atoms with Crippen molar-refractivity contribution in [2.24, 2.45) is 5.41 Å². The Morgan fingerprint density at radius 2 is 1.70 bits per heavy atom. The number of ether oxygens (including phenoxy) is 2. The highest BCUT2D eigenvalue weighted by atomic mass is 35.5. The van der Waals surface area contributed by atoms with Gasteiger partial charge in [0.15, 0.2) is 5.78 Å². The predicted octanol–water partition coefficient (Wildman–Crippen LogP) is 5.59. The molecule has 0 N–H and O–H groups in total. The topological polar surface area (TPSA) is 35.5 Å². The van der Waals surface area contributed by atoms with Crippen molar-refractivity contribution in [2.75, 3.05) is 13.0 Å². The van der Waals surface area contributed by atoms with Crippen LogP contribution in [0.2, 0.25) is 5.02 Å². The van der Waals surface area contributed by atoms with E-state index < -0.39 is 5.41 Å². The Balaban J connectivity index is 2.20. The highest BCUT2D eigenvalue weighted by molar-refractivity contribution is 6.32. The summed E-state index contributed by atoms with van der Waals surface area (Å²) in [6, 6.07) is 12.1. The van der Waals surface area contributed by atoms with E-state index in [1.807, 2.05) is 0 Å². The van der Waals surface area contributed by atoms with E-state index in [1.54, 1.807) is 63.4 Å². The van der Waals surface area contributed by atoms with Gasteiger partial charge in [-0.3, -0.25) is 4.79 Å². The summed E-state index contributed by atoms with van der Waals surface area (Å²) >= 11 is 12.1. The normalized spacial score (nSPS) is 11.2. The summed E-state index contributed by atoms with van der Waals surface area (Å²) in [5, 5.41) is 0.372. The first-order valence-electron chi connectivity index (χ1n) is 7.09. The van der Waals surface area contributed by atoms with Crippen molar-refractivity contribution in [3.05, 3.63) is 53.1 Å². The molecule has 0 radical (unpaired) electrons. The summed E-state index contributed by atoms with van der Waals surface area (Å²) in [5.41, 5.74) is -0.119. The fourth-order valence-electron chi connectivity index (χ4n) is 1.95. The monoisotopic (exact) mass is 352 g/mol. The predicted molar refractivity (Wildman–Crippen MR) is 93.4 cm³/mol. The van der Waals surface area contributed by atoms with Gasteiger partial charge in [-0.2, -0.15) is 0 Å². The van der Waals surface area contributed by atoms with E-state index in [2.05, 4.69) is 0 Å². The maximum atomic E-state index is 12.4. The third kappa shape index (κ3) is 4.18. The van der Waals surface area contributed by atoms with E-state index in [-0.39, 0.29) is 11.7 Å². The number of ketones is 1. The molecule has 0 aliphatic heterocycles. The minimum Gasteiger partial charge on any atom is -0.497 e. The molecule has 0 unspecified atom stereocenters. The van der Waals surface area contributed by atoms with Gasteiger partial charge in [0.1, 0.15) is 17.2 Å². The molecule has 0 heterocycles. The molecule has 0 fully saturated rings. The zero-order chi connectivity index (χ0) is 17.0. The molecular weight excluding hydrogens is 335 g/mol. The summed E-state index contributed by atoms with van der Waals surface area (Å²) in [4.78, 5) is 12.4. The van der Waals surface area contributed by atoms with Crippen molar-refractivity contribution in [3.63, 3.8) is 0 Å². The molecule has 0 aliphatic rings. The van der Waals surface area contributed by atoms with Gasteiger partial charge in [-0.15, -0.1) is 11.6 Å². The van der Waals surface area contributed by atoms with Crippen LogP contribution in [0.15, 0.2) is 42.5 Å². The van der Waals surface area contributed by atoms with Crippen molar-refractivity contribution >= 4 is 29.0 Å². The van der Waals surface area contributed by atoms with E-state index in [4.69, 9.17) is 32.7 Å². The average Bonchev–Trinajstić information content (AvgIpc) is 2.56. The van der Waals surface area contributed by atoms with E-state index >= 15 is 0 Å². The van der Waals surface area contributed by atoms with Crippen molar-refractivity contribution < 1.29 is 14.3 Å². The summed E-state index contributed by atoms with van der Waals surface area (Å²) in [6.07, 6.45) is 0. The van der Waals surface area contributed by atoms with Gasteiger partial charge >= 0.3 is 0 Å². The van der Waals surface area contributed by atoms with Crippen LogP contribution in [0.1, 0.15) is 24.2 Å². The molecule has 5 heteroatoms. The lowest BCUT2D eigenvalue weighted by molar-refractivity contribution is 0.0862. The van der Waals surface area contributed by atoms with Gasteiger partial charge in [-0.05, 0) is 42.5 Å². The lowest BCUT2D eigenvalue weighted by atomic mass is 9.86. The molecule has 122 valence electrons. The van der Waals surface area contributed by atoms with Gasteiger partial charge in [-0.25, -0.2) is 0 Å². The number of hydrogen-bond acceptors (Lipinski definition) is 3. The fourth-order valence-corrected chi connectivity index (χ4v) is 2.29. The molecule has 0 saturated carbocycles. The van der Waals surface area contributed by atoms with Crippen LogP contribution in [-0.4, -0.2) is 18.8 Å². The molecule has 0 atom stereocenters. The number of Topliss-reactive ketones (excluding diaryl/α,β-unsaturated/α-hetero) is 1. The lowest BCUT2D eigenvalue weighted by Crippen LogP contribution is -2.26. The second kappa shape index (κ2) is 7.24. The maximum absolute atomic E-state index is 12.4. The van der Waals surface area contributed by atoms with Crippen molar-refractivity contribution in [2.45, 2.75) is 13.8 Å². The minimum absolute atomic E-state index is 0.0506. The second-order valence-electron chi connectivity index (χ2n) is 5.77. The van der Waals surface area contributed by atoms with Crippen molar-refractivity contribution in [3.8, 4) is 17.2 Å². The molecule has 0 aromatic heterocycles. The molecular formula is C18H18Cl2O3. The van der Waals surface area contributed by atoms with Crippen LogP contribution < -0.4 is 9.47 Å². The Labute approximate surface area is 146 Å². The Morgan fingerprint density at radius 3 is 2.22 bits per heavy atom. The highest BCUT2D eigenvalue weighted by Gasteiger charge is 2.28. The molecule has 2 aromatic rings.